The zero-order chi connectivity index (χ0) is 22.2. The second kappa shape index (κ2) is 8.79. The maximum absolute atomic E-state index is 13.5. The Morgan fingerprint density at radius 1 is 1.26 bits per heavy atom. The van der Waals surface area contributed by atoms with Crippen LogP contribution in [0.2, 0.25) is 5.02 Å². The van der Waals surface area contributed by atoms with Gasteiger partial charge in [0, 0.05) is 16.9 Å². The summed E-state index contributed by atoms with van der Waals surface area (Å²) < 4.78 is 18.9. The number of hydrogen-bond donors (Lipinski definition) is 3. The average Bonchev–Trinajstić information content (AvgIpc) is 3.17. The molecule has 0 aromatic heterocycles. The first kappa shape index (κ1) is 22.7. The average molecular weight is 471 g/mol. The van der Waals surface area contributed by atoms with Crippen molar-refractivity contribution in [2.45, 2.75) is 79.6 Å². The molecule has 1 heterocycles. The molecule has 9 heteroatoms. The molecule has 4 fully saturated rings. The van der Waals surface area contributed by atoms with Crippen LogP contribution in [0.5, 0.6) is 5.75 Å². The zero-order valence-corrected chi connectivity index (χ0v) is 19.0. The fourth-order valence-corrected chi connectivity index (χ4v) is 6.43. The van der Waals surface area contributed by atoms with E-state index in [1.54, 1.807) is 11.8 Å². The lowest BCUT2D eigenvalue weighted by Gasteiger charge is -2.56. The van der Waals surface area contributed by atoms with E-state index in [1.165, 1.54) is 12.1 Å². The minimum absolute atomic E-state index is 0.00955. The molecule has 31 heavy (non-hydrogen) atoms. The molecule has 0 radical (unpaired) electrons. The Morgan fingerprint density at radius 2 is 2.00 bits per heavy atom. The van der Waals surface area contributed by atoms with Gasteiger partial charge >= 0.3 is 0 Å². The standard InChI is InChI=1S/C22H28ClFN2O4S/c1-13-2-5-17(31-13)20(29)26-21-6-8-22(9-7-21,18(27)11-21)25-19(28)12-30-14-3-4-15(23)16(24)10-14/h3-4,10,13,17-18,27H,2,5-9,11-12H2,1H3,(H,25,28)(H,26,29). The number of nitrogens with one attached hydrogen (secondary N) is 2. The molecular weight excluding hydrogens is 443 g/mol. The molecule has 3 atom stereocenters. The number of rotatable bonds is 6. The lowest BCUT2D eigenvalue weighted by Crippen LogP contribution is -2.70. The quantitative estimate of drug-likeness (QED) is 0.594. The Morgan fingerprint density at radius 3 is 2.61 bits per heavy atom. The monoisotopic (exact) mass is 470 g/mol. The van der Waals surface area contributed by atoms with Crippen molar-refractivity contribution in [2.24, 2.45) is 0 Å². The highest BCUT2D eigenvalue weighted by Gasteiger charge is 2.55. The van der Waals surface area contributed by atoms with Crippen LogP contribution in [0.15, 0.2) is 18.2 Å². The molecule has 170 valence electrons. The van der Waals surface area contributed by atoms with Gasteiger partial charge in [0.05, 0.1) is 21.9 Å². The van der Waals surface area contributed by atoms with Gasteiger partial charge in [-0.25, -0.2) is 4.39 Å². The third-order valence-corrected chi connectivity index (χ3v) is 8.67. The highest BCUT2D eigenvalue weighted by atomic mass is 35.5. The second-order valence-corrected chi connectivity index (χ2v) is 11.1. The van der Waals surface area contributed by atoms with E-state index < -0.39 is 23.0 Å². The molecule has 2 amide bonds. The maximum atomic E-state index is 13.5. The summed E-state index contributed by atoms with van der Waals surface area (Å²) in [5.41, 5.74) is -1.11. The van der Waals surface area contributed by atoms with Crippen molar-refractivity contribution in [1.29, 1.82) is 0 Å². The molecule has 1 aliphatic heterocycles. The summed E-state index contributed by atoms with van der Waals surface area (Å²) in [6, 6.07) is 3.99. The molecule has 1 saturated heterocycles. The normalized spacial score (nSPS) is 34.4. The molecular formula is C22H28ClFN2O4S. The number of amides is 2. The van der Waals surface area contributed by atoms with E-state index in [2.05, 4.69) is 17.6 Å². The van der Waals surface area contributed by atoms with Crippen LogP contribution in [0.25, 0.3) is 0 Å². The van der Waals surface area contributed by atoms with Crippen LogP contribution in [0.3, 0.4) is 0 Å². The summed E-state index contributed by atoms with van der Waals surface area (Å²) in [4.78, 5) is 25.2. The van der Waals surface area contributed by atoms with Crippen molar-refractivity contribution in [3.63, 3.8) is 0 Å². The van der Waals surface area contributed by atoms with E-state index in [0.29, 0.717) is 37.4 Å². The molecule has 6 nitrogen and oxygen atoms in total. The molecule has 2 bridgehead atoms. The van der Waals surface area contributed by atoms with E-state index >= 15 is 0 Å². The van der Waals surface area contributed by atoms with Crippen LogP contribution in [-0.2, 0) is 9.59 Å². The zero-order valence-electron chi connectivity index (χ0n) is 17.5. The summed E-state index contributed by atoms with van der Waals surface area (Å²) in [6.07, 6.45) is 4.23. The highest BCUT2D eigenvalue weighted by Crippen LogP contribution is 2.47. The number of aliphatic hydroxyl groups excluding tert-OH is 1. The SMILES string of the molecule is CC1CCC(C(=O)NC23CCC(NC(=O)COc4ccc(Cl)c(F)c4)(CC2)C(O)C3)S1. The maximum Gasteiger partial charge on any atom is 0.258 e. The summed E-state index contributed by atoms with van der Waals surface area (Å²) in [7, 11) is 0. The van der Waals surface area contributed by atoms with E-state index in [1.807, 2.05) is 0 Å². The highest BCUT2D eigenvalue weighted by molar-refractivity contribution is 8.01. The molecule has 4 aliphatic rings. The predicted octanol–water partition coefficient (Wildman–Crippen LogP) is 3.19. The van der Waals surface area contributed by atoms with Gasteiger partial charge in [0.15, 0.2) is 6.61 Å². The van der Waals surface area contributed by atoms with Gasteiger partial charge < -0.3 is 20.5 Å². The van der Waals surface area contributed by atoms with Gasteiger partial charge in [-0.15, -0.1) is 11.8 Å². The van der Waals surface area contributed by atoms with Crippen LogP contribution in [0.1, 0.15) is 51.9 Å². The Bertz CT molecular complexity index is 862. The number of hydrogen-bond acceptors (Lipinski definition) is 5. The molecule has 5 rings (SSSR count). The number of ether oxygens (including phenoxy) is 1. The van der Waals surface area contributed by atoms with Crippen LogP contribution in [0, 0.1) is 5.82 Å². The van der Waals surface area contributed by atoms with Crippen LogP contribution >= 0.6 is 23.4 Å². The number of thioether (sulfide) groups is 1. The summed E-state index contributed by atoms with van der Waals surface area (Å²) >= 11 is 7.37. The smallest absolute Gasteiger partial charge is 0.258 e. The Balaban J connectivity index is 1.31. The molecule has 1 aromatic carbocycles. The first-order valence-corrected chi connectivity index (χ1v) is 12.1. The minimum Gasteiger partial charge on any atom is -0.484 e. The predicted molar refractivity (Wildman–Crippen MR) is 118 cm³/mol. The fourth-order valence-electron chi connectivity index (χ4n) is 5.03. The van der Waals surface area contributed by atoms with Crippen molar-refractivity contribution in [3.05, 3.63) is 29.0 Å². The molecule has 3 saturated carbocycles. The first-order chi connectivity index (χ1) is 14.7. The van der Waals surface area contributed by atoms with E-state index in [4.69, 9.17) is 16.3 Å². The molecule has 3 unspecified atom stereocenters. The van der Waals surface area contributed by atoms with Gasteiger partial charge in [0.1, 0.15) is 11.6 Å². The minimum atomic E-state index is -0.748. The lowest BCUT2D eigenvalue weighted by molar-refractivity contribution is -0.136. The lowest BCUT2D eigenvalue weighted by atomic mass is 9.60. The van der Waals surface area contributed by atoms with Gasteiger partial charge in [-0.3, -0.25) is 9.59 Å². The molecule has 3 aliphatic carbocycles. The number of fused-ring (bicyclic) bond motifs is 3. The van der Waals surface area contributed by atoms with Crippen molar-refractivity contribution in [3.8, 4) is 5.75 Å². The first-order valence-electron chi connectivity index (χ1n) is 10.7. The van der Waals surface area contributed by atoms with Crippen molar-refractivity contribution in [2.75, 3.05) is 6.61 Å². The van der Waals surface area contributed by atoms with Gasteiger partial charge in [-0.05, 0) is 57.1 Å². The number of carbonyl (C=O) groups excluding carboxylic acids is 2. The number of benzene rings is 1. The van der Waals surface area contributed by atoms with Crippen LogP contribution in [0.4, 0.5) is 4.39 Å². The van der Waals surface area contributed by atoms with Gasteiger partial charge in [0.25, 0.3) is 5.91 Å². The number of carbonyl (C=O) groups is 2. The van der Waals surface area contributed by atoms with Crippen molar-refractivity contribution in [1.82, 2.24) is 10.6 Å². The van der Waals surface area contributed by atoms with Crippen LogP contribution in [-0.4, -0.2) is 51.2 Å². The van der Waals surface area contributed by atoms with Crippen molar-refractivity contribution < 1.29 is 23.8 Å². The van der Waals surface area contributed by atoms with E-state index in [-0.39, 0.29) is 34.4 Å². The van der Waals surface area contributed by atoms with Crippen LogP contribution < -0.4 is 15.4 Å². The van der Waals surface area contributed by atoms with Gasteiger partial charge in [-0.2, -0.15) is 0 Å². The fraction of sp³-hybridized carbons (Fsp3) is 0.636. The summed E-state index contributed by atoms with van der Waals surface area (Å²) in [5.74, 6) is -0.701. The molecule has 1 aromatic rings. The third kappa shape index (κ3) is 4.81. The third-order valence-electron chi connectivity index (χ3n) is 6.88. The molecule has 0 spiro atoms. The molecule has 3 N–H and O–H groups in total. The summed E-state index contributed by atoms with van der Waals surface area (Å²) in [6.45, 7) is 1.86. The topological polar surface area (TPSA) is 87.7 Å². The largest absolute Gasteiger partial charge is 0.484 e. The second-order valence-electron chi connectivity index (χ2n) is 9.07. The Hall–Kier alpha value is -1.51. The van der Waals surface area contributed by atoms with Gasteiger partial charge in [-0.1, -0.05) is 18.5 Å². The Labute approximate surface area is 190 Å². The van der Waals surface area contributed by atoms with E-state index in [0.717, 1.165) is 18.9 Å². The number of halogens is 2. The van der Waals surface area contributed by atoms with E-state index in [9.17, 15) is 19.1 Å². The summed E-state index contributed by atoms with van der Waals surface area (Å²) in [5, 5.41) is 17.5. The number of aliphatic hydroxyl groups is 1. The van der Waals surface area contributed by atoms with Crippen molar-refractivity contribution >= 4 is 35.2 Å². The Kier molecular flexibility index (Phi) is 6.43. The van der Waals surface area contributed by atoms with Gasteiger partial charge in [0.2, 0.25) is 5.91 Å².